The first-order valence-electron chi connectivity index (χ1n) is 5.75. The van der Waals surface area contributed by atoms with Crippen LogP contribution in [0.3, 0.4) is 0 Å². The molecule has 5 heteroatoms. The van der Waals surface area contributed by atoms with Crippen molar-refractivity contribution in [3.63, 3.8) is 0 Å². The fourth-order valence-electron chi connectivity index (χ4n) is 1.91. The average Bonchev–Trinajstić information content (AvgIpc) is 2.86. The molecule has 0 aliphatic rings. The van der Waals surface area contributed by atoms with E-state index < -0.39 is 6.10 Å². The Labute approximate surface area is 101 Å². The molecule has 5 nitrogen and oxygen atoms in total. The van der Waals surface area contributed by atoms with Crippen molar-refractivity contribution in [3.8, 4) is 0 Å². The summed E-state index contributed by atoms with van der Waals surface area (Å²) in [7, 11) is 1.87. The number of aryl methyl sites for hydroxylation is 1. The molecule has 0 aliphatic heterocycles. The molecule has 0 spiro atoms. The van der Waals surface area contributed by atoms with Crippen molar-refractivity contribution in [1.29, 1.82) is 0 Å². The minimum absolute atomic E-state index is 0.302. The molecule has 2 aromatic heterocycles. The largest absolute Gasteiger partial charge is 0.386 e. The van der Waals surface area contributed by atoms with Crippen LogP contribution >= 0.6 is 0 Å². The molecule has 0 bridgehead atoms. The highest BCUT2D eigenvalue weighted by molar-refractivity contribution is 5.11. The van der Waals surface area contributed by atoms with Gasteiger partial charge in [-0.15, -0.1) is 0 Å². The van der Waals surface area contributed by atoms with E-state index in [-0.39, 0.29) is 0 Å². The minimum Gasteiger partial charge on any atom is -0.386 e. The highest BCUT2D eigenvalue weighted by atomic mass is 16.3. The predicted octanol–water partition coefficient (Wildman–Crippen LogP) is 1.47. The van der Waals surface area contributed by atoms with Crippen LogP contribution in [-0.4, -0.2) is 24.4 Å². The summed E-state index contributed by atoms with van der Waals surface area (Å²) in [6.07, 6.45) is 7.20. The number of rotatable bonds is 4. The molecule has 1 unspecified atom stereocenters. The Morgan fingerprint density at radius 2 is 2.12 bits per heavy atom. The van der Waals surface area contributed by atoms with E-state index >= 15 is 0 Å². The van der Waals surface area contributed by atoms with E-state index in [1.54, 1.807) is 23.4 Å². The number of nitrogens with zero attached hydrogens (tertiary/aromatic N) is 4. The van der Waals surface area contributed by atoms with Crippen LogP contribution < -0.4 is 0 Å². The number of hydrogen-bond donors (Lipinski definition) is 1. The van der Waals surface area contributed by atoms with Crippen molar-refractivity contribution in [2.45, 2.75) is 32.4 Å². The zero-order valence-electron chi connectivity index (χ0n) is 10.4. The summed E-state index contributed by atoms with van der Waals surface area (Å²) in [4.78, 5) is 4.09. The lowest BCUT2D eigenvalue weighted by Gasteiger charge is -2.15. The molecular weight excluding hydrogens is 216 g/mol. The van der Waals surface area contributed by atoms with Crippen LogP contribution in [0.1, 0.15) is 37.3 Å². The number of imidazole rings is 1. The highest BCUT2D eigenvalue weighted by Crippen LogP contribution is 2.20. The van der Waals surface area contributed by atoms with Gasteiger partial charge in [0.25, 0.3) is 0 Å². The summed E-state index contributed by atoms with van der Waals surface area (Å²) in [6.45, 7) is 4.14. The number of aromatic nitrogens is 4. The lowest BCUT2D eigenvalue weighted by Crippen LogP contribution is -2.10. The van der Waals surface area contributed by atoms with Crippen LogP contribution in [0.4, 0.5) is 0 Å². The summed E-state index contributed by atoms with van der Waals surface area (Å²) in [5.41, 5.74) is 1.88. The van der Waals surface area contributed by atoms with E-state index in [9.17, 15) is 5.11 Å². The van der Waals surface area contributed by atoms with Crippen molar-refractivity contribution in [2.75, 3.05) is 0 Å². The Balaban J connectivity index is 2.14. The van der Waals surface area contributed by atoms with Crippen molar-refractivity contribution in [3.05, 3.63) is 36.2 Å². The standard InChI is InChI=1S/C12H18N4O/c1-9(2)16-8-13-6-11(16)12(17)4-10-5-14-15(3)7-10/h5-9,12,17H,4H2,1-3H3. The van der Waals surface area contributed by atoms with Crippen LogP contribution in [-0.2, 0) is 13.5 Å². The van der Waals surface area contributed by atoms with Gasteiger partial charge in [-0.25, -0.2) is 4.98 Å². The molecule has 1 atom stereocenters. The van der Waals surface area contributed by atoms with Gasteiger partial charge in [-0.1, -0.05) is 0 Å². The van der Waals surface area contributed by atoms with Gasteiger partial charge in [0.15, 0.2) is 0 Å². The van der Waals surface area contributed by atoms with Gasteiger partial charge < -0.3 is 9.67 Å². The van der Waals surface area contributed by atoms with Gasteiger partial charge in [0.2, 0.25) is 0 Å². The number of aliphatic hydroxyl groups excluding tert-OH is 1. The van der Waals surface area contributed by atoms with Gasteiger partial charge in [-0.2, -0.15) is 5.10 Å². The van der Waals surface area contributed by atoms with E-state index in [1.807, 2.05) is 17.8 Å². The van der Waals surface area contributed by atoms with Gasteiger partial charge >= 0.3 is 0 Å². The zero-order valence-corrected chi connectivity index (χ0v) is 10.4. The molecule has 0 aromatic carbocycles. The van der Waals surface area contributed by atoms with E-state index in [4.69, 9.17) is 0 Å². The van der Waals surface area contributed by atoms with Gasteiger partial charge in [0.1, 0.15) is 0 Å². The summed E-state index contributed by atoms with van der Waals surface area (Å²) in [5.74, 6) is 0. The molecule has 92 valence electrons. The smallest absolute Gasteiger partial charge is 0.0997 e. The Kier molecular flexibility index (Phi) is 3.28. The van der Waals surface area contributed by atoms with Crippen LogP contribution in [0.25, 0.3) is 0 Å². The van der Waals surface area contributed by atoms with Crippen LogP contribution in [0.2, 0.25) is 0 Å². The molecule has 0 saturated carbocycles. The SMILES string of the molecule is CC(C)n1cncc1C(O)Cc1cnn(C)c1. The molecule has 2 heterocycles. The molecule has 0 aliphatic carbocycles. The first kappa shape index (κ1) is 11.9. The third-order valence-corrected chi connectivity index (χ3v) is 2.78. The lowest BCUT2D eigenvalue weighted by atomic mass is 10.1. The molecule has 2 aromatic rings. The topological polar surface area (TPSA) is 55.9 Å². The summed E-state index contributed by atoms with van der Waals surface area (Å²) in [5, 5.41) is 14.3. The normalized spacial score (nSPS) is 13.2. The summed E-state index contributed by atoms with van der Waals surface area (Å²) < 4.78 is 3.73. The predicted molar refractivity (Wildman–Crippen MR) is 64.5 cm³/mol. The number of aliphatic hydroxyl groups is 1. The van der Waals surface area contributed by atoms with Gasteiger partial charge in [0, 0.05) is 25.7 Å². The Bertz CT molecular complexity index is 486. The van der Waals surface area contributed by atoms with Gasteiger partial charge in [0.05, 0.1) is 30.5 Å². The maximum atomic E-state index is 10.2. The Morgan fingerprint density at radius 3 is 2.71 bits per heavy atom. The van der Waals surface area contributed by atoms with E-state index in [0.717, 1.165) is 11.3 Å². The van der Waals surface area contributed by atoms with Crippen molar-refractivity contribution < 1.29 is 5.11 Å². The van der Waals surface area contributed by atoms with Crippen LogP contribution in [0, 0.1) is 0 Å². The lowest BCUT2D eigenvalue weighted by molar-refractivity contribution is 0.167. The molecule has 0 saturated heterocycles. The molecule has 0 amide bonds. The van der Waals surface area contributed by atoms with Crippen LogP contribution in [0.15, 0.2) is 24.9 Å². The summed E-state index contributed by atoms with van der Waals surface area (Å²) >= 11 is 0. The third-order valence-electron chi connectivity index (χ3n) is 2.78. The van der Waals surface area contributed by atoms with Crippen molar-refractivity contribution in [2.24, 2.45) is 7.05 Å². The molecule has 17 heavy (non-hydrogen) atoms. The van der Waals surface area contributed by atoms with E-state index in [0.29, 0.717) is 12.5 Å². The van der Waals surface area contributed by atoms with Crippen molar-refractivity contribution >= 4 is 0 Å². The highest BCUT2D eigenvalue weighted by Gasteiger charge is 2.15. The number of hydrogen-bond acceptors (Lipinski definition) is 3. The summed E-state index contributed by atoms with van der Waals surface area (Å²) in [6, 6.07) is 0.302. The second-order valence-electron chi connectivity index (χ2n) is 4.56. The quantitative estimate of drug-likeness (QED) is 0.871. The third kappa shape index (κ3) is 2.55. The maximum Gasteiger partial charge on any atom is 0.0997 e. The molecular formula is C12H18N4O. The second-order valence-corrected chi connectivity index (χ2v) is 4.56. The fourth-order valence-corrected chi connectivity index (χ4v) is 1.91. The molecule has 2 rings (SSSR count). The Morgan fingerprint density at radius 1 is 1.35 bits per heavy atom. The Hall–Kier alpha value is -1.62. The molecule has 1 N–H and O–H groups in total. The minimum atomic E-state index is -0.538. The average molecular weight is 234 g/mol. The first-order chi connectivity index (χ1) is 8.08. The monoisotopic (exact) mass is 234 g/mol. The molecule has 0 fully saturated rings. The fraction of sp³-hybridized carbons (Fsp3) is 0.500. The van der Waals surface area contributed by atoms with Crippen LogP contribution in [0.5, 0.6) is 0 Å². The van der Waals surface area contributed by atoms with Gasteiger partial charge in [-0.05, 0) is 19.4 Å². The zero-order chi connectivity index (χ0) is 12.4. The maximum absolute atomic E-state index is 10.2. The van der Waals surface area contributed by atoms with E-state index in [1.165, 1.54) is 0 Å². The van der Waals surface area contributed by atoms with Gasteiger partial charge in [-0.3, -0.25) is 4.68 Å². The molecule has 0 radical (unpaired) electrons. The second kappa shape index (κ2) is 4.71. The van der Waals surface area contributed by atoms with E-state index in [2.05, 4.69) is 23.9 Å². The first-order valence-corrected chi connectivity index (χ1v) is 5.75. The van der Waals surface area contributed by atoms with Crippen molar-refractivity contribution in [1.82, 2.24) is 19.3 Å².